The molecule has 2 aromatic carbocycles. The number of piperidine rings is 1. The van der Waals surface area contributed by atoms with Gasteiger partial charge in [0.05, 0.1) is 6.10 Å². The molecule has 2 heterocycles. The van der Waals surface area contributed by atoms with Gasteiger partial charge in [-0.1, -0.05) is 136 Å². The molecule has 2 aliphatic rings. The number of aliphatic hydroxyl groups excluding tert-OH is 1. The maximum Gasteiger partial charge on any atom is 0.254 e. The van der Waals surface area contributed by atoms with Gasteiger partial charge in [-0.15, -0.1) is 0 Å². The van der Waals surface area contributed by atoms with E-state index < -0.39 is 155 Å². The zero-order chi connectivity index (χ0) is 73.2. The van der Waals surface area contributed by atoms with Crippen molar-refractivity contribution in [3.05, 3.63) is 71.8 Å². The second-order valence-electron chi connectivity index (χ2n) is 28.5. The fourth-order valence-corrected chi connectivity index (χ4v) is 12.6. The number of likely N-dealkylation sites (tertiary alicyclic amines) is 1. The highest BCUT2D eigenvalue weighted by atomic mass is 16.3. The Balaban J connectivity index is 2.00. The van der Waals surface area contributed by atoms with Gasteiger partial charge in [0.2, 0.25) is 59.1 Å². The van der Waals surface area contributed by atoms with Crippen molar-refractivity contribution in [3.8, 4) is 0 Å². The zero-order valence-electron chi connectivity index (χ0n) is 61.3. The smallest absolute Gasteiger partial charge is 0.254 e. The van der Waals surface area contributed by atoms with Crippen LogP contribution in [0.5, 0.6) is 0 Å². The molecule has 2 aromatic rings. The molecule has 0 unspecified atom stereocenters. The lowest BCUT2D eigenvalue weighted by Crippen LogP contribution is -2.64. The Kier molecular flexibility index (Phi) is 31.2. The summed E-state index contributed by atoms with van der Waals surface area (Å²) in [5.74, 6) is -11.1. The summed E-state index contributed by atoms with van der Waals surface area (Å²) >= 11 is 0. The van der Waals surface area contributed by atoms with Gasteiger partial charge in [0, 0.05) is 75.3 Å². The SMILES string of the molecule is CC[C@H](C)[C@H]1C(=O)N(C)[C@@H](CC(C)C)C(=O)N[C@@H](C)C(=O)N(C)[C@@H](CC(C)C)C(=O)N(C)[C@@H](Cc2ccccc2)C(=O)N[C@@H]([C@@H](C)O)C(=O)N(C)[C@@H](Cc2ccccc2)C(=O)N(C)[C@@H](CC(C)C)C(=O)N(C)[C@@H](C)C(=O)N[C@H](C(=O)N2CCCCC2)C(=O)N[C@H](C(C)C)C(=O)N1C. The first-order chi connectivity index (χ1) is 45.4. The summed E-state index contributed by atoms with van der Waals surface area (Å²) in [6, 6.07) is 2.17. The highest BCUT2D eigenvalue weighted by Crippen LogP contribution is 2.26. The summed E-state index contributed by atoms with van der Waals surface area (Å²) in [6.07, 6.45) is 0.924. The molecular weight excluding hydrogens is 1240 g/mol. The second-order valence-corrected chi connectivity index (χ2v) is 28.5. The van der Waals surface area contributed by atoms with Crippen LogP contribution in [0.15, 0.2) is 60.7 Å². The number of carbonyl (C=O) groups excluding carboxylic acids is 12. The summed E-state index contributed by atoms with van der Waals surface area (Å²) in [5, 5.41) is 22.4. The topological polar surface area (TPSA) is 299 Å². The van der Waals surface area contributed by atoms with Crippen LogP contribution < -0.4 is 21.3 Å². The van der Waals surface area contributed by atoms with Crippen LogP contribution in [0.2, 0.25) is 0 Å². The summed E-state index contributed by atoms with van der Waals surface area (Å²) in [4.78, 5) is 190. The molecule has 0 bridgehead atoms. The first kappa shape index (κ1) is 81.5. The lowest BCUT2D eigenvalue weighted by molar-refractivity contribution is -0.154. The number of aliphatic hydroxyl groups is 1. The van der Waals surface area contributed by atoms with Crippen LogP contribution in [-0.4, -0.2) is 250 Å². The van der Waals surface area contributed by atoms with Crippen molar-refractivity contribution in [1.29, 1.82) is 0 Å². The molecule has 12 amide bonds. The third-order valence-corrected chi connectivity index (χ3v) is 19.1. The lowest BCUT2D eigenvalue weighted by Gasteiger charge is -2.39. The molecule has 2 aliphatic heterocycles. The van der Waals surface area contributed by atoms with Gasteiger partial charge < -0.3 is 65.6 Å². The first-order valence-corrected chi connectivity index (χ1v) is 34.5. The molecule has 0 saturated carbocycles. The minimum absolute atomic E-state index is 0.0583. The fraction of sp³-hybridized carbons (Fsp3) is 0.667. The van der Waals surface area contributed by atoms with Gasteiger partial charge in [-0.25, -0.2) is 0 Å². The van der Waals surface area contributed by atoms with Crippen molar-refractivity contribution in [2.45, 2.75) is 220 Å². The van der Waals surface area contributed by atoms with Gasteiger partial charge in [0.1, 0.15) is 60.4 Å². The predicted molar refractivity (Wildman–Crippen MR) is 370 cm³/mol. The van der Waals surface area contributed by atoms with E-state index >= 15 is 33.6 Å². The van der Waals surface area contributed by atoms with Gasteiger partial charge >= 0.3 is 0 Å². The molecular formula is C72H114N12O13. The van der Waals surface area contributed by atoms with Gasteiger partial charge in [0.25, 0.3) is 11.8 Å². The van der Waals surface area contributed by atoms with Crippen LogP contribution >= 0.6 is 0 Å². The number of hydrogen-bond acceptors (Lipinski definition) is 13. The third kappa shape index (κ3) is 21.5. The Morgan fingerprint density at radius 3 is 1.32 bits per heavy atom. The van der Waals surface area contributed by atoms with Crippen molar-refractivity contribution in [1.82, 2.24) is 60.5 Å². The Morgan fingerprint density at radius 1 is 0.443 bits per heavy atom. The largest absolute Gasteiger partial charge is 0.391 e. The maximum atomic E-state index is 15.4. The minimum Gasteiger partial charge on any atom is -0.391 e. The highest BCUT2D eigenvalue weighted by Gasteiger charge is 2.46. The van der Waals surface area contributed by atoms with Gasteiger partial charge in [-0.3, -0.25) is 57.5 Å². The van der Waals surface area contributed by atoms with Crippen molar-refractivity contribution in [2.24, 2.45) is 29.6 Å². The van der Waals surface area contributed by atoms with Gasteiger partial charge in [-0.2, -0.15) is 0 Å². The van der Waals surface area contributed by atoms with E-state index in [0.29, 0.717) is 30.4 Å². The average molecular weight is 1360 g/mol. The average Bonchev–Trinajstić information content (AvgIpc) is 0.866. The number of amides is 12. The van der Waals surface area contributed by atoms with Crippen LogP contribution in [0.1, 0.15) is 146 Å². The van der Waals surface area contributed by atoms with E-state index in [0.717, 1.165) is 16.2 Å². The Morgan fingerprint density at radius 2 is 0.845 bits per heavy atom. The lowest BCUT2D eigenvalue weighted by atomic mass is 9.93. The van der Waals surface area contributed by atoms with E-state index in [2.05, 4.69) is 21.3 Å². The van der Waals surface area contributed by atoms with E-state index in [1.807, 2.05) is 48.5 Å². The summed E-state index contributed by atoms with van der Waals surface area (Å²) in [7, 11) is 9.81. The van der Waals surface area contributed by atoms with Crippen LogP contribution in [0, 0.1) is 29.6 Å². The van der Waals surface area contributed by atoms with E-state index in [4.69, 9.17) is 0 Å². The minimum atomic E-state index is -1.91. The fourth-order valence-electron chi connectivity index (χ4n) is 12.6. The molecule has 2 fully saturated rings. The predicted octanol–water partition coefficient (Wildman–Crippen LogP) is 3.49. The van der Waals surface area contributed by atoms with E-state index in [1.165, 1.54) is 99.5 Å². The summed E-state index contributed by atoms with van der Waals surface area (Å²) in [5.41, 5.74) is 1.23. The standard InChI is InChI=1S/C72H114N12O13/c1-21-46(10)60-72(97)79(16)52(37-42(2)3)62(87)73-47(11)65(90)80(17)55(39-44(6)7)67(92)78(15)53(40-50-31-25-22-26-32-50)63(88)75-58(49(13)85)70(95)82(19)56(41-51-33-27-23-28-34-51)68(93)81(18)54(38-43(4)5)66(91)77(14)48(12)61(86)76-59(71(96)84-35-29-24-30-36-84)64(89)74-57(45(8)9)69(94)83(60)20/h22-23,25-28,31-34,42-49,52-60,85H,21,24,29-30,35-41H2,1-20H3,(H,73,87)(H,74,89)(H,75,88)(H,76,86)/t46-,47-,48-,49+,52-,53-,54-,55-,56-,57+,58-,59-,60-/m0/s1. The number of nitrogens with zero attached hydrogens (tertiary/aromatic N) is 8. The highest BCUT2D eigenvalue weighted by molar-refractivity contribution is 6.09. The molecule has 0 aromatic heterocycles. The molecule has 0 aliphatic carbocycles. The van der Waals surface area contributed by atoms with Crippen LogP contribution in [0.4, 0.5) is 0 Å². The van der Waals surface area contributed by atoms with Crippen molar-refractivity contribution in [3.63, 3.8) is 0 Å². The number of benzene rings is 2. The van der Waals surface area contributed by atoms with Crippen LogP contribution in [0.25, 0.3) is 0 Å². The quantitative estimate of drug-likeness (QED) is 0.160. The molecule has 4 rings (SSSR count). The number of carbonyl (C=O) groups is 12. The zero-order valence-corrected chi connectivity index (χ0v) is 61.3. The monoisotopic (exact) mass is 1350 g/mol. The number of rotatable bonds is 15. The Hall–Kier alpha value is -7.96. The van der Waals surface area contributed by atoms with Crippen LogP contribution in [-0.2, 0) is 70.4 Å². The Bertz CT molecular complexity index is 3030. The van der Waals surface area contributed by atoms with Gasteiger partial charge in [-0.05, 0) is 100 Å². The number of likely N-dealkylation sites (N-methyl/N-ethyl adjacent to an activating group) is 7. The first-order valence-electron chi connectivity index (χ1n) is 34.5. The van der Waals surface area contributed by atoms with E-state index in [9.17, 15) is 29.1 Å². The molecule has 540 valence electrons. The normalized spacial score (nSPS) is 26.4. The summed E-state index contributed by atoms with van der Waals surface area (Å²) < 4.78 is 0. The maximum absolute atomic E-state index is 15.4. The number of nitrogens with one attached hydrogen (secondary N) is 4. The van der Waals surface area contributed by atoms with Crippen molar-refractivity contribution < 1.29 is 62.6 Å². The second kappa shape index (κ2) is 37.1. The number of hydrogen-bond donors (Lipinski definition) is 5. The van der Waals surface area contributed by atoms with E-state index in [1.54, 1.807) is 81.4 Å². The van der Waals surface area contributed by atoms with Gasteiger partial charge in [0.15, 0.2) is 6.04 Å². The molecule has 13 atom stereocenters. The van der Waals surface area contributed by atoms with Crippen molar-refractivity contribution in [2.75, 3.05) is 62.4 Å². The van der Waals surface area contributed by atoms with E-state index in [-0.39, 0.29) is 62.9 Å². The van der Waals surface area contributed by atoms with Crippen molar-refractivity contribution >= 4 is 70.9 Å². The molecule has 0 spiro atoms. The molecule has 25 heteroatoms. The molecule has 2 saturated heterocycles. The molecule has 97 heavy (non-hydrogen) atoms. The molecule has 5 N–H and O–H groups in total. The Labute approximate surface area is 575 Å². The molecule has 0 radical (unpaired) electrons. The van der Waals surface area contributed by atoms with Crippen LogP contribution in [0.3, 0.4) is 0 Å². The molecule has 25 nitrogen and oxygen atoms in total. The summed E-state index contributed by atoms with van der Waals surface area (Å²) in [6.45, 7) is 22.8. The third-order valence-electron chi connectivity index (χ3n) is 19.1.